The Balaban J connectivity index is 1.89. The third kappa shape index (κ3) is 4.24. The van der Waals surface area contributed by atoms with Crippen molar-refractivity contribution in [3.8, 4) is 0 Å². The summed E-state index contributed by atoms with van der Waals surface area (Å²) in [5.41, 5.74) is 3.00. The van der Waals surface area contributed by atoms with Gasteiger partial charge in [0.25, 0.3) is 0 Å². The van der Waals surface area contributed by atoms with Gasteiger partial charge in [-0.2, -0.15) is 0 Å². The van der Waals surface area contributed by atoms with Gasteiger partial charge in [-0.1, -0.05) is 46.8 Å². The topological polar surface area (TPSA) is 12.5 Å². The zero-order chi connectivity index (χ0) is 14.8. The second-order valence-corrected chi connectivity index (χ2v) is 7.47. The highest BCUT2D eigenvalue weighted by molar-refractivity contribution is 5.49. The van der Waals surface area contributed by atoms with E-state index >= 15 is 0 Å². The van der Waals surface area contributed by atoms with Crippen LogP contribution in [0.4, 0.5) is 5.69 Å². The lowest BCUT2D eigenvalue weighted by Crippen LogP contribution is -2.26. The van der Waals surface area contributed by atoms with Crippen molar-refractivity contribution in [1.29, 1.82) is 0 Å². The molecule has 2 nitrogen and oxygen atoms in total. The molecule has 20 heavy (non-hydrogen) atoms. The van der Waals surface area contributed by atoms with Crippen molar-refractivity contribution in [1.82, 2.24) is 0 Å². The van der Waals surface area contributed by atoms with Crippen LogP contribution in [0.5, 0.6) is 0 Å². The molecular weight excluding hydrogens is 246 g/mol. The molecule has 0 unspecified atom stereocenters. The molecular formula is C18H29NO. The van der Waals surface area contributed by atoms with Crippen LogP contribution in [0.25, 0.3) is 0 Å². The van der Waals surface area contributed by atoms with Gasteiger partial charge in [0.2, 0.25) is 0 Å². The standard InChI is InChI=1S/C18H29NO/c1-14(2)15-6-8-16(9-7-15)19-11-10-17(12-19)20-13-18(3,4)5/h6-9,14,17H,10-13H2,1-5H3/t17-/m0/s1. The summed E-state index contributed by atoms with van der Waals surface area (Å²) in [5, 5.41) is 0. The van der Waals surface area contributed by atoms with Crippen LogP contribution in [-0.4, -0.2) is 25.8 Å². The van der Waals surface area contributed by atoms with E-state index < -0.39 is 0 Å². The minimum Gasteiger partial charge on any atom is -0.376 e. The zero-order valence-corrected chi connectivity index (χ0v) is 13.6. The van der Waals surface area contributed by atoms with Crippen molar-refractivity contribution in [2.45, 2.75) is 53.1 Å². The van der Waals surface area contributed by atoms with Gasteiger partial charge in [-0.05, 0) is 35.4 Å². The van der Waals surface area contributed by atoms with Gasteiger partial charge in [-0.3, -0.25) is 0 Å². The van der Waals surface area contributed by atoms with Crippen molar-refractivity contribution in [2.75, 3.05) is 24.6 Å². The highest BCUT2D eigenvalue weighted by atomic mass is 16.5. The van der Waals surface area contributed by atoms with Crippen LogP contribution in [-0.2, 0) is 4.74 Å². The Labute approximate surface area is 124 Å². The second kappa shape index (κ2) is 6.17. The third-order valence-electron chi connectivity index (χ3n) is 3.82. The predicted molar refractivity (Wildman–Crippen MR) is 86.6 cm³/mol. The molecule has 0 amide bonds. The summed E-state index contributed by atoms with van der Waals surface area (Å²) in [7, 11) is 0. The molecule has 1 atom stereocenters. The molecule has 0 saturated carbocycles. The van der Waals surface area contributed by atoms with Crippen LogP contribution in [0.2, 0.25) is 0 Å². The van der Waals surface area contributed by atoms with E-state index in [0.717, 1.165) is 26.1 Å². The molecule has 0 aliphatic carbocycles. The third-order valence-corrected chi connectivity index (χ3v) is 3.82. The van der Waals surface area contributed by atoms with E-state index in [4.69, 9.17) is 4.74 Å². The van der Waals surface area contributed by atoms with Gasteiger partial charge in [0, 0.05) is 18.8 Å². The summed E-state index contributed by atoms with van der Waals surface area (Å²) in [6.45, 7) is 14.1. The number of hydrogen-bond donors (Lipinski definition) is 0. The number of benzene rings is 1. The molecule has 0 spiro atoms. The summed E-state index contributed by atoms with van der Waals surface area (Å²) in [4.78, 5) is 2.44. The first-order valence-corrected chi connectivity index (χ1v) is 7.82. The van der Waals surface area contributed by atoms with Crippen molar-refractivity contribution >= 4 is 5.69 Å². The fraction of sp³-hybridized carbons (Fsp3) is 0.667. The Morgan fingerprint density at radius 2 is 1.85 bits per heavy atom. The summed E-state index contributed by atoms with van der Waals surface area (Å²) >= 11 is 0. The first-order valence-electron chi connectivity index (χ1n) is 7.82. The molecule has 1 saturated heterocycles. The molecule has 1 aliphatic rings. The van der Waals surface area contributed by atoms with Crippen molar-refractivity contribution in [3.05, 3.63) is 29.8 Å². The minimum atomic E-state index is 0.256. The summed E-state index contributed by atoms with van der Waals surface area (Å²) < 4.78 is 6.04. The van der Waals surface area contributed by atoms with E-state index in [1.54, 1.807) is 0 Å². The summed E-state index contributed by atoms with van der Waals surface area (Å²) in [6, 6.07) is 9.01. The summed E-state index contributed by atoms with van der Waals surface area (Å²) in [6.07, 6.45) is 1.53. The fourth-order valence-electron chi connectivity index (χ4n) is 2.54. The number of rotatable bonds is 4. The Hall–Kier alpha value is -1.02. The molecule has 2 rings (SSSR count). The lowest BCUT2D eigenvalue weighted by molar-refractivity contribution is 0.0205. The monoisotopic (exact) mass is 275 g/mol. The first-order chi connectivity index (χ1) is 9.35. The lowest BCUT2D eigenvalue weighted by Gasteiger charge is -2.23. The molecule has 1 heterocycles. The number of anilines is 1. The minimum absolute atomic E-state index is 0.256. The smallest absolute Gasteiger partial charge is 0.0767 e. The molecule has 0 N–H and O–H groups in total. The van der Waals surface area contributed by atoms with E-state index in [9.17, 15) is 0 Å². The Bertz CT molecular complexity index is 416. The maximum absolute atomic E-state index is 6.04. The van der Waals surface area contributed by atoms with E-state index in [-0.39, 0.29) is 5.41 Å². The summed E-state index contributed by atoms with van der Waals surface area (Å²) in [5.74, 6) is 0.602. The quantitative estimate of drug-likeness (QED) is 0.805. The van der Waals surface area contributed by atoms with Gasteiger partial charge in [0.1, 0.15) is 0 Å². The molecule has 1 aromatic carbocycles. The van der Waals surface area contributed by atoms with Crippen molar-refractivity contribution < 1.29 is 4.74 Å². The Kier molecular flexibility index (Phi) is 4.74. The highest BCUT2D eigenvalue weighted by Gasteiger charge is 2.24. The van der Waals surface area contributed by atoms with Crippen LogP contribution in [0.15, 0.2) is 24.3 Å². The number of ether oxygens (including phenoxy) is 1. The van der Waals surface area contributed by atoms with Gasteiger partial charge in [-0.25, -0.2) is 0 Å². The van der Waals surface area contributed by atoms with Crippen LogP contribution in [0.1, 0.15) is 52.5 Å². The van der Waals surface area contributed by atoms with Gasteiger partial charge in [0.15, 0.2) is 0 Å². The molecule has 1 fully saturated rings. The van der Waals surface area contributed by atoms with Crippen LogP contribution >= 0.6 is 0 Å². The molecule has 0 aromatic heterocycles. The molecule has 0 bridgehead atoms. The second-order valence-electron chi connectivity index (χ2n) is 7.47. The fourth-order valence-corrected chi connectivity index (χ4v) is 2.54. The van der Waals surface area contributed by atoms with Gasteiger partial charge < -0.3 is 9.64 Å². The highest BCUT2D eigenvalue weighted by Crippen LogP contribution is 2.25. The first kappa shape index (κ1) is 15.4. The van der Waals surface area contributed by atoms with E-state index in [1.165, 1.54) is 11.3 Å². The van der Waals surface area contributed by atoms with Crippen LogP contribution in [0.3, 0.4) is 0 Å². The average Bonchev–Trinajstić information content (AvgIpc) is 2.84. The zero-order valence-electron chi connectivity index (χ0n) is 13.6. The predicted octanol–water partition coefficient (Wildman–Crippen LogP) is 4.45. The van der Waals surface area contributed by atoms with Gasteiger partial charge in [-0.15, -0.1) is 0 Å². The Morgan fingerprint density at radius 3 is 2.40 bits per heavy atom. The molecule has 1 aromatic rings. The number of nitrogens with zero attached hydrogens (tertiary/aromatic N) is 1. The lowest BCUT2D eigenvalue weighted by atomic mass is 9.98. The van der Waals surface area contributed by atoms with Crippen LogP contribution in [0, 0.1) is 5.41 Å². The SMILES string of the molecule is CC(C)c1ccc(N2CC[C@H](OCC(C)(C)C)C2)cc1. The van der Waals surface area contributed by atoms with Crippen molar-refractivity contribution in [2.24, 2.45) is 5.41 Å². The van der Waals surface area contributed by atoms with Gasteiger partial charge in [0.05, 0.1) is 12.7 Å². The maximum Gasteiger partial charge on any atom is 0.0767 e. The van der Waals surface area contributed by atoms with E-state index in [1.807, 2.05) is 0 Å². The maximum atomic E-state index is 6.04. The molecule has 112 valence electrons. The van der Waals surface area contributed by atoms with E-state index in [0.29, 0.717) is 12.0 Å². The van der Waals surface area contributed by atoms with Gasteiger partial charge >= 0.3 is 0 Å². The Morgan fingerprint density at radius 1 is 1.20 bits per heavy atom. The molecule has 0 radical (unpaired) electrons. The van der Waals surface area contributed by atoms with Crippen LogP contribution < -0.4 is 4.90 Å². The molecule has 2 heteroatoms. The van der Waals surface area contributed by atoms with Crippen molar-refractivity contribution in [3.63, 3.8) is 0 Å². The molecule has 1 aliphatic heterocycles. The van der Waals surface area contributed by atoms with E-state index in [2.05, 4.69) is 63.8 Å². The average molecular weight is 275 g/mol. The number of hydrogen-bond acceptors (Lipinski definition) is 2. The largest absolute Gasteiger partial charge is 0.376 e. The normalized spacial score (nSPS) is 19.9.